The van der Waals surface area contributed by atoms with Crippen molar-refractivity contribution in [1.82, 2.24) is 5.48 Å². The van der Waals surface area contributed by atoms with Crippen molar-refractivity contribution in [3.05, 3.63) is 12.3 Å². The van der Waals surface area contributed by atoms with Gasteiger partial charge >= 0.3 is 6.16 Å². The minimum absolute atomic E-state index is 0.302. The summed E-state index contributed by atoms with van der Waals surface area (Å²) in [5.74, 6) is 0. The summed E-state index contributed by atoms with van der Waals surface area (Å²) in [7, 11) is 0. The fourth-order valence-corrected chi connectivity index (χ4v) is 0.276. The van der Waals surface area contributed by atoms with E-state index < -0.39 is 6.16 Å². The molecule has 0 aromatic carbocycles. The zero-order chi connectivity index (χ0) is 7.98. The number of carbonyl (C=O) groups excluding carboxylic acids is 1. The second-order valence-corrected chi connectivity index (χ2v) is 1.67. The molecule has 0 aliphatic heterocycles. The Bertz CT molecular complexity index is 133. The van der Waals surface area contributed by atoms with Crippen molar-refractivity contribution in [2.75, 3.05) is 6.61 Å². The summed E-state index contributed by atoms with van der Waals surface area (Å²) in [4.78, 5) is 14.7. The Labute approximate surface area is 59.8 Å². The molecule has 0 aromatic rings. The van der Waals surface area contributed by atoms with Gasteiger partial charge in [0.05, 0.1) is 6.61 Å². The molecule has 1 N–H and O–H groups in total. The van der Waals surface area contributed by atoms with Crippen molar-refractivity contribution in [2.45, 2.75) is 13.8 Å². The van der Waals surface area contributed by atoms with Crippen LogP contribution < -0.4 is 5.48 Å². The average Bonchev–Trinajstić information content (AvgIpc) is 1.85. The third-order valence-electron chi connectivity index (χ3n) is 0.571. The van der Waals surface area contributed by atoms with E-state index in [1.807, 2.05) is 0 Å². The zero-order valence-electron chi connectivity index (χ0n) is 6.14. The lowest BCUT2D eigenvalue weighted by molar-refractivity contribution is 0.0298. The third-order valence-corrected chi connectivity index (χ3v) is 0.571. The Balaban J connectivity index is 3.30. The molecule has 0 aliphatic rings. The maximum absolute atomic E-state index is 10.4. The van der Waals surface area contributed by atoms with Crippen LogP contribution in [0.3, 0.4) is 0 Å². The van der Waals surface area contributed by atoms with E-state index in [1.165, 1.54) is 0 Å². The predicted molar refractivity (Wildman–Crippen MR) is 36.1 cm³/mol. The quantitative estimate of drug-likeness (QED) is 0.478. The molecule has 10 heavy (non-hydrogen) atoms. The van der Waals surface area contributed by atoms with Gasteiger partial charge in [0.25, 0.3) is 0 Å². The van der Waals surface area contributed by atoms with Crippen LogP contribution in [0.25, 0.3) is 0 Å². The number of hydroxylamine groups is 1. The summed E-state index contributed by atoms with van der Waals surface area (Å²) < 4.78 is 4.43. The molecule has 0 bridgehead atoms. The molecular formula is C6H11NO3. The Morgan fingerprint density at radius 2 is 2.30 bits per heavy atom. The van der Waals surface area contributed by atoms with Crippen molar-refractivity contribution >= 4 is 6.16 Å². The molecule has 0 saturated heterocycles. The van der Waals surface area contributed by atoms with Gasteiger partial charge in [-0.25, -0.2) is 10.3 Å². The minimum atomic E-state index is -0.745. The van der Waals surface area contributed by atoms with Gasteiger partial charge in [-0.05, 0) is 13.8 Å². The summed E-state index contributed by atoms with van der Waals surface area (Å²) in [5.41, 5.74) is 2.81. The lowest BCUT2D eigenvalue weighted by atomic mass is 10.6. The van der Waals surface area contributed by atoms with Gasteiger partial charge in [0, 0.05) is 5.70 Å². The summed E-state index contributed by atoms with van der Waals surface area (Å²) in [5, 5.41) is 0. The van der Waals surface area contributed by atoms with Crippen molar-refractivity contribution in [1.29, 1.82) is 0 Å². The van der Waals surface area contributed by atoms with Gasteiger partial charge in [-0.15, -0.1) is 0 Å². The summed E-state index contributed by atoms with van der Waals surface area (Å²) in [6.07, 6.45) is -0.745. The fraction of sp³-hybridized carbons (Fsp3) is 0.500. The van der Waals surface area contributed by atoms with Crippen LogP contribution in [0.4, 0.5) is 4.79 Å². The normalized spacial score (nSPS) is 8.20. The highest BCUT2D eigenvalue weighted by atomic mass is 16.8. The smallest absolute Gasteiger partial charge is 0.433 e. The summed E-state index contributed by atoms with van der Waals surface area (Å²) >= 11 is 0. The first-order chi connectivity index (χ1) is 4.66. The molecule has 0 atom stereocenters. The molecule has 4 nitrogen and oxygen atoms in total. The van der Waals surface area contributed by atoms with Crippen LogP contribution in [0.1, 0.15) is 13.8 Å². The van der Waals surface area contributed by atoms with Crippen LogP contribution >= 0.6 is 0 Å². The van der Waals surface area contributed by atoms with Gasteiger partial charge in [0.15, 0.2) is 0 Å². The van der Waals surface area contributed by atoms with Gasteiger partial charge in [0.2, 0.25) is 0 Å². The van der Waals surface area contributed by atoms with Crippen molar-refractivity contribution in [2.24, 2.45) is 0 Å². The Hall–Kier alpha value is -1.19. The number of rotatable bonds is 3. The number of ether oxygens (including phenoxy) is 1. The van der Waals surface area contributed by atoms with E-state index in [0.717, 1.165) is 0 Å². The van der Waals surface area contributed by atoms with Gasteiger partial charge in [-0.1, -0.05) is 6.58 Å². The average molecular weight is 145 g/mol. The number of hydrogen-bond acceptors (Lipinski definition) is 4. The number of hydrogen-bond donors (Lipinski definition) is 1. The molecule has 4 heteroatoms. The number of allylic oxidation sites excluding steroid dienone is 1. The van der Waals surface area contributed by atoms with Crippen molar-refractivity contribution in [3.63, 3.8) is 0 Å². The number of nitrogens with one attached hydrogen (secondary N) is 1. The van der Waals surface area contributed by atoms with E-state index in [2.05, 4.69) is 21.6 Å². The monoisotopic (exact) mass is 145 g/mol. The molecule has 0 radical (unpaired) electrons. The Kier molecular flexibility index (Phi) is 4.11. The molecule has 0 heterocycles. The molecule has 0 fully saturated rings. The largest absolute Gasteiger partial charge is 0.533 e. The van der Waals surface area contributed by atoms with E-state index in [1.54, 1.807) is 13.8 Å². The highest BCUT2D eigenvalue weighted by molar-refractivity contribution is 5.59. The van der Waals surface area contributed by atoms with E-state index >= 15 is 0 Å². The van der Waals surface area contributed by atoms with Gasteiger partial charge < -0.3 is 9.57 Å². The molecule has 0 rings (SSSR count). The Morgan fingerprint density at radius 1 is 1.70 bits per heavy atom. The molecular weight excluding hydrogens is 134 g/mol. The van der Waals surface area contributed by atoms with E-state index in [4.69, 9.17) is 0 Å². The van der Waals surface area contributed by atoms with Gasteiger partial charge in [0.1, 0.15) is 0 Å². The molecule has 0 aromatic heterocycles. The van der Waals surface area contributed by atoms with Crippen LogP contribution in [-0.4, -0.2) is 12.8 Å². The van der Waals surface area contributed by atoms with Gasteiger partial charge in [-0.2, -0.15) is 0 Å². The van der Waals surface area contributed by atoms with Crippen molar-refractivity contribution in [3.8, 4) is 0 Å². The third kappa shape index (κ3) is 4.96. The van der Waals surface area contributed by atoms with Crippen LogP contribution in [0.15, 0.2) is 12.3 Å². The van der Waals surface area contributed by atoms with Crippen LogP contribution in [0.5, 0.6) is 0 Å². The zero-order valence-corrected chi connectivity index (χ0v) is 6.14. The Morgan fingerprint density at radius 3 is 2.70 bits per heavy atom. The highest BCUT2D eigenvalue weighted by Crippen LogP contribution is 1.84. The molecule has 0 aliphatic carbocycles. The second kappa shape index (κ2) is 4.67. The maximum atomic E-state index is 10.4. The molecule has 0 spiro atoms. The fourth-order valence-electron chi connectivity index (χ4n) is 0.276. The lowest BCUT2D eigenvalue weighted by Crippen LogP contribution is -2.18. The van der Waals surface area contributed by atoms with E-state index in [9.17, 15) is 4.79 Å². The first kappa shape index (κ1) is 8.81. The first-order valence-corrected chi connectivity index (χ1v) is 2.92. The highest BCUT2D eigenvalue weighted by Gasteiger charge is 1.99. The lowest BCUT2D eigenvalue weighted by Gasteiger charge is -2.03. The van der Waals surface area contributed by atoms with Crippen LogP contribution in [0, 0.1) is 0 Å². The standard InChI is InChI=1S/C6H11NO3/c1-4-9-6(8)10-7-5(2)3/h7H,2,4H2,1,3H3. The second-order valence-electron chi connectivity index (χ2n) is 1.67. The minimum Gasteiger partial charge on any atom is -0.433 e. The first-order valence-electron chi connectivity index (χ1n) is 2.92. The van der Waals surface area contributed by atoms with Gasteiger partial charge in [-0.3, -0.25) is 0 Å². The molecule has 58 valence electrons. The maximum Gasteiger partial charge on any atom is 0.533 e. The molecule has 0 unspecified atom stereocenters. The van der Waals surface area contributed by atoms with Crippen LogP contribution in [-0.2, 0) is 9.57 Å². The molecule has 0 amide bonds. The van der Waals surface area contributed by atoms with Crippen LogP contribution in [0.2, 0.25) is 0 Å². The summed E-state index contributed by atoms with van der Waals surface area (Å²) in [6, 6.07) is 0. The SMILES string of the molecule is C=C(C)NOC(=O)OCC. The van der Waals surface area contributed by atoms with E-state index in [0.29, 0.717) is 12.3 Å². The predicted octanol–water partition coefficient (Wildman–Crippen LogP) is 1.20. The molecule has 0 saturated carbocycles. The summed E-state index contributed by atoms with van der Waals surface area (Å²) in [6.45, 7) is 7.11. The number of carbonyl (C=O) groups is 1. The van der Waals surface area contributed by atoms with Crippen molar-refractivity contribution < 1.29 is 14.4 Å². The topological polar surface area (TPSA) is 47.6 Å². The van der Waals surface area contributed by atoms with E-state index in [-0.39, 0.29) is 0 Å².